The van der Waals surface area contributed by atoms with Crippen molar-refractivity contribution >= 4 is 23.2 Å². The number of nitrogens with one attached hydrogen (secondary N) is 1. The molecule has 19 heavy (non-hydrogen) atoms. The highest BCUT2D eigenvalue weighted by molar-refractivity contribution is 7.09. The molecule has 0 atom stereocenters. The molecule has 102 valence electrons. The number of rotatable bonds is 2. The highest BCUT2D eigenvalue weighted by atomic mass is 32.1. The van der Waals surface area contributed by atoms with E-state index in [9.17, 15) is 9.59 Å². The van der Waals surface area contributed by atoms with E-state index in [2.05, 4.69) is 10.3 Å². The molecule has 2 fully saturated rings. The third-order valence-corrected chi connectivity index (χ3v) is 4.72. The van der Waals surface area contributed by atoms with Crippen molar-refractivity contribution in [1.29, 1.82) is 0 Å². The number of aromatic nitrogens is 1. The zero-order valence-electron chi connectivity index (χ0n) is 10.7. The Morgan fingerprint density at radius 3 is 2.84 bits per heavy atom. The molecule has 2 heterocycles. The van der Waals surface area contributed by atoms with Gasteiger partial charge in [-0.1, -0.05) is 12.8 Å². The number of carbonyl (C=O) groups is 2. The van der Waals surface area contributed by atoms with Crippen LogP contribution in [0, 0.1) is 0 Å². The van der Waals surface area contributed by atoms with Gasteiger partial charge in [0.1, 0.15) is 10.5 Å². The number of amides is 2. The quantitative estimate of drug-likeness (QED) is 0.887. The Labute approximate surface area is 116 Å². The topological polar surface area (TPSA) is 62.3 Å². The summed E-state index contributed by atoms with van der Waals surface area (Å²) in [6.07, 6.45) is 5.70. The molecule has 2 aliphatic rings. The summed E-state index contributed by atoms with van der Waals surface area (Å²) in [5.74, 6) is 0.0722. The minimum atomic E-state index is -0.634. The third-order valence-electron chi connectivity index (χ3n) is 3.95. The second kappa shape index (κ2) is 4.92. The largest absolute Gasteiger partial charge is 0.342 e. The fourth-order valence-corrected chi connectivity index (χ4v) is 3.62. The molecule has 0 unspecified atom stereocenters. The summed E-state index contributed by atoms with van der Waals surface area (Å²) < 4.78 is 0. The van der Waals surface area contributed by atoms with Crippen LogP contribution in [0.4, 0.5) is 0 Å². The van der Waals surface area contributed by atoms with Gasteiger partial charge in [0.25, 0.3) is 0 Å². The molecule has 1 saturated carbocycles. The van der Waals surface area contributed by atoms with E-state index in [-0.39, 0.29) is 11.8 Å². The highest BCUT2D eigenvalue weighted by Gasteiger charge is 2.46. The smallest absolute Gasteiger partial charge is 0.248 e. The van der Waals surface area contributed by atoms with E-state index < -0.39 is 5.54 Å². The molecule has 1 aromatic heterocycles. The Kier molecular flexibility index (Phi) is 3.26. The minimum absolute atomic E-state index is 0.00288. The zero-order valence-corrected chi connectivity index (χ0v) is 11.5. The van der Waals surface area contributed by atoms with Gasteiger partial charge in [0.2, 0.25) is 11.8 Å². The van der Waals surface area contributed by atoms with Gasteiger partial charge in [0.05, 0.1) is 6.54 Å². The number of hydrogen-bond acceptors (Lipinski definition) is 4. The van der Waals surface area contributed by atoms with Crippen LogP contribution in [0.1, 0.15) is 37.1 Å². The van der Waals surface area contributed by atoms with Crippen LogP contribution >= 0.6 is 11.3 Å². The molecular weight excluding hydrogens is 262 g/mol. The van der Waals surface area contributed by atoms with Gasteiger partial charge in [-0.25, -0.2) is 4.98 Å². The van der Waals surface area contributed by atoms with Crippen LogP contribution in [-0.4, -0.2) is 33.8 Å². The first-order chi connectivity index (χ1) is 9.20. The summed E-state index contributed by atoms with van der Waals surface area (Å²) in [4.78, 5) is 30.6. The summed E-state index contributed by atoms with van der Waals surface area (Å²) in [6.45, 7) is 1.01. The summed E-state index contributed by atoms with van der Waals surface area (Å²) in [5.41, 5.74) is -0.634. The van der Waals surface area contributed by atoms with E-state index in [0.717, 1.165) is 30.7 Å². The molecule has 1 aromatic rings. The number of nitrogens with zero attached hydrogens (tertiary/aromatic N) is 2. The fourth-order valence-electron chi connectivity index (χ4n) is 2.99. The van der Waals surface area contributed by atoms with Crippen LogP contribution in [0.5, 0.6) is 0 Å². The first kappa shape index (κ1) is 12.6. The molecule has 1 aliphatic carbocycles. The van der Waals surface area contributed by atoms with Crippen LogP contribution in [0.2, 0.25) is 0 Å². The van der Waals surface area contributed by atoms with Crippen LogP contribution in [0.15, 0.2) is 11.6 Å². The molecule has 2 amide bonds. The molecule has 0 bridgehead atoms. The highest BCUT2D eigenvalue weighted by Crippen LogP contribution is 2.33. The molecule has 5 nitrogen and oxygen atoms in total. The van der Waals surface area contributed by atoms with E-state index in [1.165, 1.54) is 0 Å². The maximum absolute atomic E-state index is 12.7. The van der Waals surface area contributed by atoms with Crippen LogP contribution in [-0.2, 0) is 16.1 Å². The molecule has 1 aliphatic heterocycles. The number of thiazole rings is 1. The first-order valence-corrected chi connectivity index (χ1v) is 7.56. The van der Waals surface area contributed by atoms with Crippen molar-refractivity contribution in [3.8, 4) is 0 Å². The van der Waals surface area contributed by atoms with Crippen molar-refractivity contribution in [2.45, 2.75) is 44.2 Å². The summed E-state index contributed by atoms with van der Waals surface area (Å²) in [6, 6.07) is 0. The lowest BCUT2D eigenvalue weighted by Gasteiger charge is -2.31. The zero-order chi connectivity index (χ0) is 13.3. The third kappa shape index (κ3) is 2.36. The van der Waals surface area contributed by atoms with E-state index in [0.29, 0.717) is 19.5 Å². The normalized spacial score (nSPS) is 22.6. The molecule has 3 rings (SSSR count). The van der Waals surface area contributed by atoms with E-state index in [4.69, 9.17) is 0 Å². The fraction of sp³-hybridized carbons (Fsp3) is 0.615. The van der Waals surface area contributed by atoms with Crippen molar-refractivity contribution < 1.29 is 9.59 Å². The van der Waals surface area contributed by atoms with E-state index >= 15 is 0 Å². The standard InChI is InChI=1S/C13H17N3O2S/c17-10-3-7-16(9-11-14-6-8-19-11)12(18)13(15-10)4-1-2-5-13/h6,8H,1-5,7,9H2,(H,15,17). The SMILES string of the molecule is O=C1CCN(Cc2nccs2)C(=O)C2(CCCC2)N1. The van der Waals surface area contributed by atoms with Crippen LogP contribution in [0.3, 0.4) is 0 Å². The molecule has 0 radical (unpaired) electrons. The Morgan fingerprint density at radius 2 is 2.16 bits per heavy atom. The Hall–Kier alpha value is -1.43. The second-order valence-corrected chi connectivity index (χ2v) is 6.22. The molecule has 0 aromatic carbocycles. The summed E-state index contributed by atoms with van der Waals surface area (Å²) >= 11 is 1.55. The minimum Gasteiger partial charge on any atom is -0.342 e. The summed E-state index contributed by atoms with van der Waals surface area (Å²) in [5, 5.41) is 5.80. The van der Waals surface area contributed by atoms with E-state index in [1.54, 1.807) is 22.4 Å². The van der Waals surface area contributed by atoms with Gasteiger partial charge < -0.3 is 10.2 Å². The van der Waals surface area contributed by atoms with Crippen molar-refractivity contribution in [1.82, 2.24) is 15.2 Å². The van der Waals surface area contributed by atoms with Gasteiger partial charge in [-0.3, -0.25) is 9.59 Å². The molecular formula is C13H17N3O2S. The first-order valence-electron chi connectivity index (χ1n) is 6.68. The predicted octanol–water partition coefficient (Wildman–Crippen LogP) is 1.30. The Bertz CT molecular complexity index is 480. The van der Waals surface area contributed by atoms with Gasteiger partial charge in [-0.05, 0) is 12.8 Å². The van der Waals surface area contributed by atoms with E-state index in [1.807, 2.05) is 5.38 Å². The van der Waals surface area contributed by atoms with Crippen molar-refractivity contribution in [2.75, 3.05) is 6.54 Å². The van der Waals surface area contributed by atoms with Crippen LogP contribution in [0.25, 0.3) is 0 Å². The van der Waals surface area contributed by atoms with Crippen molar-refractivity contribution in [2.24, 2.45) is 0 Å². The molecule has 1 N–H and O–H groups in total. The average molecular weight is 279 g/mol. The van der Waals surface area contributed by atoms with Gasteiger partial charge in [0.15, 0.2) is 0 Å². The number of carbonyl (C=O) groups excluding carboxylic acids is 2. The molecule has 1 saturated heterocycles. The van der Waals surface area contributed by atoms with Crippen molar-refractivity contribution in [3.05, 3.63) is 16.6 Å². The Balaban J connectivity index is 1.83. The number of hydrogen-bond donors (Lipinski definition) is 1. The lowest BCUT2D eigenvalue weighted by atomic mass is 9.96. The second-order valence-electron chi connectivity index (χ2n) is 5.24. The van der Waals surface area contributed by atoms with Gasteiger partial charge in [0, 0.05) is 24.5 Å². The molecule has 6 heteroatoms. The average Bonchev–Trinajstić information content (AvgIpc) is 3.03. The Morgan fingerprint density at radius 1 is 1.37 bits per heavy atom. The summed E-state index contributed by atoms with van der Waals surface area (Å²) in [7, 11) is 0. The lowest BCUT2D eigenvalue weighted by Crippen LogP contribution is -2.55. The molecule has 1 spiro atoms. The van der Waals surface area contributed by atoms with Gasteiger partial charge in [-0.15, -0.1) is 11.3 Å². The maximum atomic E-state index is 12.7. The van der Waals surface area contributed by atoms with Gasteiger partial charge >= 0.3 is 0 Å². The van der Waals surface area contributed by atoms with Crippen molar-refractivity contribution in [3.63, 3.8) is 0 Å². The predicted molar refractivity (Wildman–Crippen MR) is 71.5 cm³/mol. The van der Waals surface area contributed by atoms with Gasteiger partial charge in [-0.2, -0.15) is 0 Å². The van der Waals surface area contributed by atoms with Crippen LogP contribution < -0.4 is 5.32 Å². The maximum Gasteiger partial charge on any atom is 0.248 e. The lowest BCUT2D eigenvalue weighted by molar-refractivity contribution is -0.139. The monoisotopic (exact) mass is 279 g/mol.